The second kappa shape index (κ2) is 2.78. The fourth-order valence-corrected chi connectivity index (χ4v) is 0.594. The molecule has 0 radical (unpaired) electrons. The fraction of sp³-hybridized carbons (Fsp3) is 0. The summed E-state index contributed by atoms with van der Waals surface area (Å²) >= 11 is 0. The van der Waals surface area contributed by atoms with Crippen LogP contribution in [-0.4, -0.2) is 5.87 Å². The quantitative estimate of drug-likeness (QED) is 0.426. The molecule has 0 amide bonds. The average molecular weight is 116 g/mol. The molecular weight excluding hydrogens is 110 g/mol. The lowest BCUT2D eigenvalue weighted by molar-refractivity contribution is 1.55. The maximum absolute atomic E-state index is 6.58. The maximum Gasteiger partial charge on any atom is 0.198 e. The van der Waals surface area contributed by atoms with Crippen LogP contribution >= 0.6 is 0 Å². The van der Waals surface area contributed by atoms with Crippen LogP contribution in [0.3, 0.4) is 0 Å². The molecule has 0 aliphatic carbocycles. The molecule has 42 valence electrons. The topological polar surface area (TPSA) is 23.9 Å². The highest BCUT2D eigenvalue weighted by Gasteiger charge is 1.91. The van der Waals surface area contributed by atoms with Crippen LogP contribution in [0, 0.1) is 11.5 Å². The van der Waals surface area contributed by atoms with Gasteiger partial charge in [-0.15, -0.1) is 0 Å². The molecule has 0 aliphatic rings. The molecule has 1 aromatic carbocycles. The summed E-state index contributed by atoms with van der Waals surface area (Å²) in [6.07, 6.45) is 2.62. The summed E-state index contributed by atoms with van der Waals surface area (Å²) in [5.74, 6) is 2.08. The minimum atomic E-state index is 0.896. The Bertz CT molecular complexity index is 220. The van der Waals surface area contributed by atoms with Crippen molar-refractivity contribution in [1.29, 1.82) is 5.41 Å². The highest BCUT2D eigenvalue weighted by atomic mass is 14.3. The minimum Gasteiger partial charge on any atom is -0.238 e. The summed E-state index contributed by atoms with van der Waals surface area (Å²) in [5, 5.41) is 6.58. The smallest absolute Gasteiger partial charge is 0.198 e. The van der Waals surface area contributed by atoms with Crippen molar-refractivity contribution in [2.75, 3.05) is 0 Å². The van der Waals surface area contributed by atoms with Gasteiger partial charge in [0.2, 0.25) is 0 Å². The zero-order chi connectivity index (χ0) is 6.53. The van der Waals surface area contributed by atoms with E-state index in [0.717, 1.165) is 5.56 Å². The number of benzene rings is 1. The van der Waals surface area contributed by atoms with E-state index in [-0.39, 0.29) is 0 Å². The maximum atomic E-state index is 6.58. The molecule has 0 aromatic heterocycles. The van der Waals surface area contributed by atoms with Crippen molar-refractivity contribution >= 4 is 5.87 Å². The van der Waals surface area contributed by atoms with E-state index < -0.39 is 0 Å². The zero-order valence-corrected chi connectivity index (χ0v) is 4.89. The van der Waals surface area contributed by atoms with Gasteiger partial charge < -0.3 is 0 Å². The second-order valence-electron chi connectivity index (χ2n) is 1.62. The molecule has 1 heteroatoms. The summed E-state index contributed by atoms with van der Waals surface area (Å²) in [7, 11) is 0. The fourth-order valence-electron chi connectivity index (χ4n) is 0.594. The normalized spacial score (nSPS) is 7.56. The highest BCUT2D eigenvalue weighted by molar-refractivity contribution is 5.50. The van der Waals surface area contributed by atoms with Crippen molar-refractivity contribution in [3.8, 4) is 0 Å². The Morgan fingerprint density at radius 3 is 2.44 bits per heavy atom. The molecule has 0 saturated heterocycles. The van der Waals surface area contributed by atoms with Gasteiger partial charge in [0.1, 0.15) is 11.9 Å². The van der Waals surface area contributed by atoms with Crippen LogP contribution in [-0.2, 0) is 0 Å². The van der Waals surface area contributed by atoms with Gasteiger partial charge in [-0.05, 0) is 18.2 Å². The van der Waals surface area contributed by atoms with E-state index in [0.29, 0.717) is 0 Å². The molecule has 1 N–H and O–H groups in total. The van der Waals surface area contributed by atoms with Gasteiger partial charge in [0.15, 0.2) is 5.56 Å². The van der Waals surface area contributed by atoms with Gasteiger partial charge >= 0.3 is 0 Å². The Hall–Kier alpha value is -1.42. The molecule has 0 spiro atoms. The summed E-state index contributed by atoms with van der Waals surface area (Å²) < 4.78 is 0. The van der Waals surface area contributed by atoms with Crippen molar-refractivity contribution in [1.82, 2.24) is 0 Å². The average Bonchev–Trinajstić information content (AvgIpc) is 1.91. The highest BCUT2D eigenvalue weighted by Crippen LogP contribution is 1.94. The predicted molar refractivity (Wildman–Crippen MR) is 36.5 cm³/mol. The number of hydrogen-bond donors (Lipinski definition) is 1. The van der Waals surface area contributed by atoms with Crippen molar-refractivity contribution in [2.45, 2.75) is 0 Å². The van der Waals surface area contributed by atoms with E-state index in [1.165, 1.54) is 0 Å². The Morgan fingerprint density at radius 2 is 1.89 bits per heavy atom. The van der Waals surface area contributed by atoms with Gasteiger partial charge in [0.25, 0.3) is 0 Å². The first-order valence-electron chi connectivity index (χ1n) is 2.66. The Labute approximate surface area is 54.2 Å². The first-order valence-corrected chi connectivity index (χ1v) is 2.66. The molecule has 0 fully saturated rings. The lowest BCUT2D eigenvalue weighted by Crippen LogP contribution is -1.69. The molecule has 0 saturated carbocycles. The number of rotatable bonds is 1. The summed E-state index contributed by atoms with van der Waals surface area (Å²) in [5.41, 5.74) is 0.896. The molecule has 0 heterocycles. The van der Waals surface area contributed by atoms with E-state index in [2.05, 4.69) is 11.9 Å². The number of nitrogens with one attached hydrogen (secondary N) is 1. The monoisotopic (exact) mass is 116 g/mol. The number of hydrogen-bond acceptors (Lipinski definition) is 1. The molecule has 1 nitrogen and oxygen atoms in total. The lowest BCUT2D eigenvalue weighted by Gasteiger charge is -1.72. The molecule has 0 bridgehead atoms. The van der Waals surface area contributed by atoms with Crippen molar-refractivity contribution in [2.24, 2.45) is 0 Å². The van der Waals surface area contributed by atoms with Gasteiger partial charge in [0.05, 0.1) is 12.1 Å². The van der Waals surface area contributed by atoms with E-state index in [1.807, 2.05) is 30.3 Å². The van der Waals surface area contributed by atoms with E-state index >= 15 is 0 Å². The second-order valence-corrected chi connectivity index (χ2v) is 1.62. The lowest BCUT2D eigenvalue weighted by atomic mass is 10.2. The molecule has 1 rings (SSSR count). The van der Waals surface area contributed by atoms with Crippen LogP contribution in [0.25, 0.3) is 0 Å². The Morgan fingerprint density at radius 1 is 1.22 bits per heavy atom. The molecule has 0 aliphatic heterocycles. The van der Waals surface area contributed by atoms with Crippen LogP contribution in [0.15, 0.2) is 30.3 Å². The molecule has 1 aromatic rings. The summed E-state index contributed by atoms with van der Waals surface area (Å²) in [6, 6.07) is 9.48. The molecule has 0 atom stereocenters. The van der Waals surface area contributed by atoms with Crippen LogP contribution in [0.2, 0.25) is 0 Å². The minimum absolute atomic E-state index is 0.896. The third kappa shape index (κ3) is 1.50. The van der Waals surface area contributed by atoms with Crippen LogP contribution in [0.1, 0.15) is 5.56 Å². The first kappa shape index (κ1) is 5.71. The molecular formula is C8H6N+. The van der Waals surface area contributed by atoms with E-state index in [4.69, 9.17) is 5.41 Å². The third-order valence-corrected chi connectivity index (χ3v) is 0.981. The summed E-state index contributed by atoms with van der Waals surface area (Å²) in [4.78, 5) is 0. The van der Waals surface area contributed by atoms with Gasteiger partial charge in [0, 0.05) is 0 Å². The van der Waals surface area contributed by atoms with Gasteiger partial charge in [-0.3, -0.25) is 0 Å². The van der Waals surface area contributed by atoms with Gasteiger partial charge in [-0.2, -0.15) is 0 Å². The standard InChI is InChI=1S/C8H6N/c9-7-6-8-4-2-1-3-5-8/h1-5,9H/q+1. The van der Waals surface area contributed by atoms with Crippen molar-refractivity contribution < 1.29 is 0 Å². The van der Waals surface area contributed by atoms with Gasteiger partial charge in [-0.1, -0.05) is 0 Å². The SMILES string of the molecule is N=C=[C+]c1ccccc1. The van der Waals surface area contributed by atoms with Gasteiger partial charge in [-0.25, -0.2) is 5.41 Å². The molecule has 9 heavy (non-hydrogen) atoms. The van der Waals surface area contributed by atoms with Crippen LogP contribution in [0.4, 0.5) is 0 Å². The van der Waals surface area contributed by atoms with E-state index in [1.54, 1.807) is 0 Å². The Kier molecular flexibility index (Phi) is 1.77. The Balaban J connectivity index is 2.97. The zero-order valence-electron chi connectivity index (χ0n) is 4.89. The largest absolute Gasteiger partial charge is 0.238 e. The third-order valence-electron chi connectivity index (χ3n) is 0.981. The van der Waals surface area contributed by atoms with Crippen LogP contribution in [0.5, 0.6) is 0 Å². The molecule has 0 unspecified atom stereocenters. The first-order chi connectivity index (χ1) is 4.43. The predicted octanol–water partition coefficient (Wildman–Crippen LogP) is 1.64. The van der Waals surface area contributed by atoms with Crippen molar-refractivity contribution in [3.05, 3.63) is 42.0 Å². The van der Waals surface area contributed by atoms with Crippen LogP contribution < -0.4 is 0 Å². The summed E-state index contributed by atoms with van der Waals surface area (Å²) in [6.45, 7) is 0. The van der Waals surface area contributed by atoms with E-state index in [9.17, 15) is 0 Å². The van der Waals surface area contributed by atoms with Crippen molar-refractivity contribution in [3.63, 3.8) is 0 Å².